The Morgan fingerprint density at radius 1 is 1.09 bits per heavy atom. The lowest BCUT2D eigenvalue weighted by atomic mass is 9.85. The largest absolute Gasteiger partial charge is 0.493 e. The number of nitrogens with zero attached hydrogens (tertiary/aromatic N) is 1. The minimum Gasteiger partial charge on any atom is -0.493 e. The van der Waals surface area contributed by atoms with Crippen molar-refractivity contribution >= 4 is 17.4 Å². The highest BCUT2D eigenvalue weighted by molar-refractivity contribution is 6.03. The molecule has 1 fully saturated rings. The van der Waals surface area contributed by atoms with Crippen LogP contribution in [0.2, 0.25) is 0 Å². The van der Waals surface area contributed by atoms with E-state index in [2.05, 4.69) is 10.2 Å². The summed E-state index contributed by atoms with van der Waals surface area (Å²) in [6, 6.07) is 9.50. The van der Waals surface area contributed by atoms with Crippen molar-refractivity contribution in [2.45, 2.75) is 25.7 Å². The van der Waals surface area contributed by atoms with Crippen LogP contribution in [0.4, 0.5) is 10.1 Å². The van der Waals surface area contributed by atoms with Gasteiger partial charge in [0.05, 0.1) is 20.8 Å². The fraction of sp³-hybridized carbons (Fsp3) is 0.440. The number of Topliss-reactive ketones (excluding diaryl/α,β-unsaturated/α-hetero) is 1. The Morgan fingerprint density at radius 3 is 2.41 bits per heavy atom. The standard InChI is InChI=1S/C25H29FN2O4/c1-31-22-13-17-12-18(25(30)21(17)14-23(22)32-2)11-16-7-9-28(10-8-16)15-24(29)27-20-5-3-19(26)4-6-20/h3-6,13-14,16,18H,7-12,15H2,1-2H3,(H,27,29). The maximum atomic E-state index is 13.0. The minimum absolute atomic E-state index is 0.000127. The van der Waals surface area contributed by atoms with E-state index in [0.29, 0.717) is 29.6 Å². The number of hydrogen-bond acceptors (Lipinski definition) is 5. The van der Waals surface area contributed by atoms with Gasteiger partial charge < -0.3 is 14.8 Å². The van der Waals surface area contributed by atoms with E-state index in [4.69, 9.17) is 9.47 Å². The lowest BCUT2D eigenvalue weighted by Crippen LogP contribution is -2.39. The van der Waals surface area contributed by atoms with Crippen molar-refractivity contribution in [2.24, 2.45) is 11.8 Å². The number of fused-ring (bicyclic) bond motifs is 1. The molecule has 0 saturated carbocycles. The van der Waals surface area contributed by atoms with Gasteiger partial charge in [0.1, 0.15) is 5.82 Å². The number of likely N-dealkylation sites (tertiary alicyclic amines) is 1. The van der Waals surface area contributed by atoms with Crippen LogP contribution in [0, 0.1) is 17.7 Å². The average molecular weight is 441 g/mol. The zero-order chi connectivity index (χ0) is 22.7. The number of nitrogens with one attached hydrogen (secondary N) is 1. The molecule has 170 valence electrons. The first kappa shape index (κ1) is 22.3. The number of rotatable bonds is 7. The van der Waals surface area contributed by atoms with Gasteiger partial charge in [-0.3, -0.25) is 14.5 Å². The van der Waals surface area contributed by atoms with Gasteiger partial charge in [-0.25, -0.2) is 4.39 Å². The first-order valence-electron chi connectivity index (χ1n) is 11.0. The number of ketones is 1. The van der Waals surface area contributed by atoms with Crippen molar-refractivity contribution in [3.63, 3.8) is 0 Å². The Morgan fingerprint density at radius 2 is 1.75 bits per heavy atom. The molecule has 4 rings (SSSR count). The second-order valence-electron chi connectivity index (χ2n) is 8.64. The topological polar surface area (TPSA) is 67.9 Å². The van der Waals surface area contributed by atoms with Gasteiger partial charge in [0.2, 0.25) is 5.91 Å². The third-order valence-electron chi connectivity index (χ3n) is 6.53. The van der Waals surface area contributed by atoms with E-state index in [1.807, 2.05) is 6.07 Å². The number of benzene rings is 2. The van der Waals surface area contributed by atoms with Crippen molar-refractivity contribution in [1.29, 1.82) is 0 Å². The molecule has 1 saturated heterocycles. The van der Waals surface area contributed by atoms with Crippen LogP contribution in [-0.2, 0) is 11.2 Å². The molecule has 2 aromatic rings. The molecule has 1 aliphatic heterocycles. The molecule has 2 aromatic carbocycles. The highest BCUT2D eigenvalue weighted by Gasteiger charge is 2.34. The Balaban J connectivity index is 1.26. The minimum atomic E-state index is -0.327. The highest BCUT2D eigenvalue weighted by atomic mass is 19.1. The van der Waals surface area contributed by atoms with Crippen molar-refractivity contribution in [2.75, 3.05) is 39.2 Å². The van der Waals surface area contributed by atoms with E-state index in [-0.39, 0.29) is 23.4 Å². The normalized spacial score (nSPS) is 19.0. The Bertz CT molecular complexity index is 984. The number of amides is 1. The average Bonchev–Trinajstić information content (AvgIpc) is 3.10. The van der Waals surface area contributed by atoms with E-state index in [9.17, 15) is 14.0 Å². The smallest absolute Gasteiger partial charge is 0.238 e. The summed E-state index contributed by atoms with van der Waals surface area (Å²) in [4.78, 5) is 27.4. The van der Waals surface area contributed by atoms with Gasteiger partial charge in [0.15, 0.2) is 17.3 Å². The molecule has 6 nitrogen and oxygen atoms in total. The monoisotopic (exact) mass is 440 g/mol. The van der Waals surface area contributed by atoms with E-state index >= 15 is 0 Å². The summed E-state index contributed by atoms with van der Waals surface area (Å²) in [5.74, 6) is 1.49. The number of hydrogen-bond donors (Lipinski definition) is 1. The summed E-state index contributed by atoms with van der Waals surface area (Å²) in [5, 5.41) is 2.81. The molecule has 1 aliphatic carbocycles. The fourth-order valence-corrected chi connectivity index (χ4v) is 4.81. The first-order valence-corrected chi connectivity index (χ1v) is 11.0. The number of carbonyl (C=O) groups is 2. The number of piperidine rings is 1. The van der Waals surface area contributed by atoms with Crippen LogP contribution in [0.1, 0.15) is 35.2 Å². The second kappa shape index (κ2) is 9.69. The molecule has 32 heavy (non-hydrogen) atoms. The third kappa shape index (κ3) is 4.93. The first-order chi connectivity index (χ1) is 15.5. The maximum absolute atomic E-state index is 13.0. The molecule has 0 bridgehead atoms. The van der Waals surface area contributed by atoms with Crippen LogP contribution < -0.4 is 14.8 Å². The van der Waals surface area contributed by atoms with Crippen LogP contribution in [0.5, 0.6) is 11.5 Å². The van der Waals surface area contributed by atoms with Gasteiger partial charge in [-0.2, -0.15) is 0 Å². The molecular weight excluding hydrogens is 411 g/mol. The lowest BCUT2D eigenvalue weighted by molar-refractivity contribution is -0.117. The number of anilines is 1. The summed E-state index contributed by atoms with van der Waals surface area (Å²) >= 11 is 0. The second-order valence-corrected chi connectivity index (χ2v) is 8.64. The van der Waals surface area contributed by atoms with E-state index < -0.39 is 0 Å². The molecule has 1 unspecified atom stereocenters. The molecule has 2 aliphatic rings. The van der Waals surface area contributed by atoms with Gasteiger partial charge in [0, 0.05) is 17.2 Å². The molecule has 1 heterocycles. The molecule has 1 amide bonds. The van der Waals surface area contributed by atoms with Crippen molar-refractivity contribution in [3.05, 3.63) is 53.3 Å². The summed E-state index contributed by atoms with van der Waals surface area (Å²) < 4.78 is 23.7. The highest BCUT2D eigenvalue weighted by Crippen LogP contribution is 2.39. The lowest BCUT2D eigenvalue weighted by Gasteiger charge is -2.32. The molecular formula is C25H29FN2O4. The fourth-order valence-electron chi connectivity index (χ4n) is 4.81. The van der Waals surface area contributed by atoms with Crippen LogP contribution in [0.15, 0.2) is 36.4 Å². The number of methoxy groups -OCH3 is 2. The van der Waals surface area contributed by atoms with E-state index in [1.165, 1.54) is 12.1 Å². The molecule has 7 heteroatoms. The summed E-state index contributed by atoms with van der Waals surface area (Å²) in [6.07, 6.45) is 3.55. The quantitative estimate of drug-likeness (QED) is 0.707. The number of halogens is 1. The van der Waals surface area contributed by atoms with Crippen LogP contribution in [0.25, 0.3) is 0 Å². The molecule has 1 atom stereocenters. The van der Waals surface area contributed by atoms with Crippen molar-refractivity contribution in [3.8, 4) is 11.5 Å². The Labute approximate surface area is 187 Å². The third-order valence-corrected chi connectivity index (χ3v) is 6.53. The maximum Gasteiger partial charge on any atom is 0.238 e. The Hall–Kier alpha value is -2.93. The van der Waals surface area contributed by atoms with Crippen LogP contribution >= 0.6 is 0 Å². The van der Waals surface area contributed by atoms with Crippen molar-refractivity contribution in [1.82, 2.24) is 4.90 Å². The Kier molecular flexibility index (Phi) is 6.74. The van der Waals surface area contributed by atoms with E-state index in [0.717, 1.165) is 49.9 Å². The molecule has 0 aromatic heterocycles. The summed E-state index contributed by atoms with van der Waals surface area (Å²) in [5.41, 5.74) is 2.38. The van der Waals surface area contributed by atoms with Gasteiger partial charge in [-0.05, 0) is 86.7 Å². The van der Waals surface area contributed by atoms with Gasteiger partial charge in [-0.15, -0.1) is 0 Å². The summed E-state index contributed by atoms with van der Waals surface area (Å²) in [7, 11) is 3.18. The van der Waals surface area contributed by atoms with Gasteiger partial charge in [-0.1, -0.05) is 0 Å². The zero-order valence-corrected chi connectivity index (χ0v) is 18.5. The molecule has 0 radical (unpaired) electrons. The summed E-state index contributed by atoms with van der Waals surface area (Å²) in [6.45, 7) is 1.98. The van der Waals surface area contributed by atoms with Crippen LogP contribution in [-0.4, -0.2) is 50.4 Å². The van der Waals surface area contributed by atoms with Gasteiger partial charge in [0.25, 0.3) is 0 Å². The van der Waals surface area contributed by atoms with Gasteiger partial charge >= 0.3 is 0 Å². The number of carbonyl (C=O) groups excluding carboxylic acids is 2. The SMILES string of the molecule is COc1cc2c(cc1OC)C(=O)C(CC1CCN(CC(=O)Nc3ccc(F)cc3)CC1)C2. The predicted octanol–water partition coefficient (Wildman–Crippen LogP) is 3.94. The van der Waals surface area contributed by atoms with Crippen LogP contribution in [0.3, 0.4) is 0 Å². The predicted molar refractivity (Wildman–Crippen MR) is 120 cm³/mol. The zero-order valence-electron chi connectivity index (χ0n) is 18.5. The van der Waals surface area contributed by atoms with E-state index in [1.54, 1.807) is 32.4 Å². The van der Waals surface area contributed by atoms with Crippen molar-refractivity contribution < 1.29 is 23.5 Å². The molecule has 0 spiro atoms. The number of ether oxygens (including phenoxy) is 2. The molecule has 1 N–H and O–H groups in total.